The van der Waals surface area contributed by atoms with Gasteiger partial charge in [-0.2, -0.15) is 0 Å². The van der Waals surface area contributed by atoms with Gasteiger partial charge in [-0.25, -0.2) is 4.79 Å². The van der Waals surface area contributed by atoms with Crippen LogP contribution in [0.15, 0.2) is 60.2 Å². The number of ether oxygens (including phenoxy) is 4. The summed E-state index contributed by atoms with van der Waals surface area (Å²) in [6, 6.07) is 11.2. The Morgan fingerprint density at radius 3 is 2.46 bits per heavy atom. The minimum atomic E-state index is -2.28. The zero-order valence-electron chi connectivity index (χ0n) is 35.1. The fourth-order valence-electron chi connectivity index (χ4n) is 13.0. The highest BCUT2D eigenvalue weighted by Gasteiger charge is 2.80. The van der Waals surface area contributed by atoms with E-state index >= 15 is 4.79 Å². The third kappa shape index (κ3) is 5.41. The van der Waals surface area contributed by atoms with Crippen LogP contribution in [0.5, 0.6) is 5.75 Å². The number of nitrogens with one attached hydrogen (secondary N) is 1. The van der Waals surface area contributed by atoms with Crippen LogP contribution in [0.2, 0.25) is 0 Å². The predicted octanol–water partition coefficient (Wildman–Crippen LogP) is 5.22. The Kier molecular flexibility index (Phi) is 10.3. The number of aromatic nitrogens is 1. The molecule has 2 fully saturated rings. The van der Waals surface area contributed by atoms with E-state index in [1.807, 2.05) is 37.1 Å². The van der Waals surface area contributed by atoms with E-state index < -0.39 is 45.9 Å². The first-order chi connectivity index (χ1) is 27.9. The lowest BCUT2D eigenvalue weighted by atomic mass is 9.47. The first-order valence-electron chi connectivity index (χ1n) is 20.8. The second kappa shape index (κ2) is 14.7. The molecule has 13 heteroatoms. The predicted molar refractivity (Wildman–Crippen MR) is 226 cm³/mol. The second-order valence-corrected chi connectivity index (χ2v) is 17.5. The number of esters is 3. The Balaban J connectivity index is 0.00000484. The maximum Gasteiger partial charge on any atom is 0.344 e. The van der Waals surface area contributed by atoms with Gasteiger partial charge in [-0.1, -0.05) is 55.8 Å². The minimum absolute atomic E-state index is 0. The summed E-state index contributed by atoms with van der Waals surface area (Å²) in [5, 5.41) is 14.4. The topological polar surface area (TPSA) is 134 Å². The van der Waals surface area contributed by atoms with E-state index in [2.05, 4.69) is 58.1 Å². The van der Waals surface area contributed by atoms with Gasteiger partial charge in [0.1, 0.15) is 11.2 Å². The van der Waals surface area contributed by atoms with Crippen molar-refractivity contribution in [2.45, 2.75) is 87.5 Å². The van der Waals surface area contributed by atoms with Crippen molar-refractivity contribution >= 4 is 46.9 Å². The number of aromatic amines is 1. The highest BCUT2D eigenvalue weighted by atomic mass is 35.5. The number of aliphatic hydroxyl groups is 1. The standard InChI is InChI=1S/C46H56N4O8.ClH/c1-8-28-21-29-24-45(41(52)56-6,37-31(15-19-49(25-28)26-29)30-13-10-11-14-34(30)47-37)33-22-32-35(23-36(33)55-5)48(4)39-44(32)17-20-50-18-12-16-43(9-2,38(44)50)40(58-27(3)51)46(39,54)42(53)57-7;/h10-14,16,21-23,29,38-40,47,54H,8-9,15,17-20,24-26H2,1-7H3;1H/t29-,38+,39-,40-,43-,44-,45+,46+;/m1./s1. The molecule has 59 heavy (non-hydrogen) atoms. The number of halogens is 1. The molecule has 1 aliphatic carbocycles. The molecule has 2 aromatic carbocycles. The molecule has 2 N–H and O–H groups in total. The van der Waals surface area contributed by atoms with Crippen LogP contribution < -0.4 is 9.64 Å². The molecular weight excluding hydrogens is 772 g/mol. The lowest BCUT2D eigenvalue weighted by Crippen LogP contribution is -2.81. The van der Waals surface area contributed by atoms with Crippen LogP contribution in [0.25, 0.3) is 10.9 Å². The first kappa shape index (κ1) is 41.4. The number of para-hydroxylation sites is 1. The number of rotatable bonds is 7. The Labute approximate surface area is 352 Å². The Hall–Kier alpha value is -4.36. The molecule has 5 aliphatic heterocycles. The van der Waals surface area contributed by atoms with E-state index in [1.165, 1.54) is 26.7 Å². The third-order valence-corrected chi connectivity index (χ3v) is 15.1. The molecule has 9 atom stereocenters. The first-order valence-corrected chi connectivity index (χ1v) is 20.8. The number of anilines is 1. The zero-order chi connectivity index (χ0) is 40.9. The monoisotopic (exact) mass is 828 g/mol. The highest BCUT2D eigenvalue weighted by molar-refractivity contribution is 5.95. The number of methoxy groups -OCH3 is 3. The molecule has 9 rings (SSSR count). The van der Waals surface area contributed by atoms with Crippen molar-refractivity contribution in [1.82, 2.24) is 14.8 Å². The molecule has 1 saturated carbocycles. The summed E-state index contributed by atoms with van der Waals surface area (Å²) in [5.74, 6) is -1.31. The Morgan fingerprint density at radius 1 is 1.00 bits per heavy atom. The maximum absolute atomic E-state index is 15.3. The van der Waals surface area contributed by atoms with E-state index in [4.69, 9.17) is 18.9 Å². The average Bonchev–Trinajstić information content (AvgIpc) is 3.89. The van der Waals surface area contributed by atoms with Crippen molar-refractivity contribution in [2.24, 2.45) is 11.3 Å². The normalized spacial score (nSPS) is 34.1. The number of benzene rings is 2. The van der Waals surface area contributed by atoms with Gasteiger partial charge in [0.15, 0.2) is 6.10 Å². The van der Waals surface area contributed by atoms with E-state index in [9.17, 15) is 14.7 Å². The van der Waals surface area contributed by atoms with Gasteiger partial charge in [-0.15, -0.1) is 12.4 Å². The summed E-state index contributed by atoms with van der Waals surface area (Å²) < 4.78 is 24.0. The number of carbonyl (C=O) groups is 3. The van der Waals surface area contributed by atoms with Crippen LogP contribution in [-0.2, 0) is 45.8 Å². The molecule has 3 aromatic rings. The molecule has 6 aliphatic rings. The number of hydrogen-bond acceptors (Lipinski definition) is 11. The van der Waals surface area contributed by atoms with Gasteiger partial charge < -0.3 is 33.9 Å². The van der Waals surface area contributed by atoms with Gasteiger partial charge in [0.2, 0.25) is 5.60 Å². The number of nitrogens with zero attached hydrogens (tertiary/aromatic N) is 3. The van der Waals surface area contributed by atoms with Crippen LogP contribution in [0, 0.1) is 11.3 Å². The minimum Gasteiger partial charge on any atom is -0.496 e. The average molecular weight is 829 g/mol. The summed E-state index contributed by atoms with van der Waals surface area (Å²) >= 11 is 0. The SMILES string of the molecule is CCC1=C[C@H]2CN(CCc3c([nH]c4ccccc34)[C@@](C(=O)OC)(c3cc4c(cc3OC)N(C)[C@H]3[C@@](O)(C(=O)OC)[C@H](OC(C)=O)[C@]5(CC)C=CCN6CC[C@]43[C@@H]65)C2)C1.Cl. The molecule has 0 amide bonds. The molecule has 2 bridgehead atoms. The fraction of sp³-hybridized carbons (Fsp3) is 0.543. The molecule has 6 heterocycles. The van der Waals surface area contributed by atoms with Crippen molar-refractivity contribution in [3.05, 3.63) is 82.6 Å². The van der Waals surface area contributed by atoms with Crippen molar-refractivity contribution in [1.29, 1.82) is 0 Å². The van der Waals surface area contributed by atoms with Gasteiger partial charge in [0.25, 0.3) is 0 Å². The van der Waals surface area contributed by atoms with Crippen LogP contribution in [0.3, 0.4) is 0 Å². The van der Waals surface area contributed by atoms with Gasteiger partial charge >= 0.3 is 17.9 Å². The largest absolute Gasteiger partial charge is 0.496 e. The number of likely N-dealkylation sites (N-methyl/N-ethyl adjacent to an activating group) is 1. The smallest absolute Gasteiger partial charge is 0.344 e. The summed E-state index contributed by atoms with van der Waals surface area (Å²) in [5.41, 5.74) is 1.10. The molecular formula is C46H57ClN4O8. The van der Waals surface area contributed by atoms with Crippen LogP contribution in [0.1, 0.15) is 68.8 Å². The van der Waals surface area contributed by atoms with E-state index in [0.29, 0.717) is 43.7 Å². The van der Waals surface area contributed by atoms with Crippen LogP contribution in [0.4, 0.5) is 5.69 Å². The molecule has 316 valence electrons. The number of fused-ring (bicyclic) bond motifs is 6. The van der Waals surface area contributed by atoms with Gasteiger partial charge in [-0.05, 0) is 67.8 Å². The molecule has 1 unspecified atom stereocenters. The lowest BCUT2D eigenvalue weighted by Gasteiger charge is -2.63. The van der Waals surface area contributed by atoms with Gasteiger partial charge in [-0.3, -0.25) is 19.4 Å². The van der Waals surface area contributed by atoms with E-state index in [0.717, 1.165) is 65.9 Å². The fourth-order valence-corrected chi connectivity index (χ4v) is 13.0. The van der Waals surface area contributed by atoms with Gasteiger partial charge in [0.05, 0.1) is 27.4 Å². The van der Waals surface area contributed by atoms with Crippen molar-refractivity contribution in [3.63, 3.8) is 0 Å². The summed E-state index contributed by atoms with van der Waals surface area (Å²) in [6.45, 7) is 9.44. The van der Waals surface area contributed by atoms with Crippen molar-refractivity contribution < 1.29 is 38.4 Å². The zero-order valence-corrected chi connectivity index (χ0v) is 35.9. The second-order valence-electron chi connectivity index (χ2n) is 17.5. The van der Waals surface area contributed by atoms with E-state index in [-0.39, 0.29) is 30.3 Å². The molecule has 1 saturated heterocycles. The van der Waals surface area contributed by atoms with Crippen LogP contribution in [-0.4, -0.2) is 123 Å². The lowest BCUT2D eigenvalue weighted by molar-refractivity contribution is -0.228. The molecule has 12 nitrogen and oxygen atoms in total. The number of hydrogen-bond donors (Lipinski definition) is 2. The quantitative estimate of drug-likeness (QED) is 0.185. The Morgan fingerprint density at radius 2 is 1.76 bits per heavy atom. The number of H-pyrrole nitrogens is 1. The van der Waals surface area contributed by atoms with Gasteiger partial charge in [0, 0.05) is 90.9 Å². The Bertz CT molecular complexity index is 2270. The molecule has 1 aromatic heterocycles. The van der Waals surface area contributed by atoms with Crippen LogP contribution >= 0.6 is 12.4 Å². The maximum atomic E-state index is 15.3. The summed E-state index contributed by atoms with van der Waals surface area (Å²) in [4.78, 5) is 53.4. The summed E-state index contributed by atoms with van der Waals surface area (Å²) in [7, 11) is 6.24. The highest BCUT2D eigenvalue weighted by Crippen LogP contribution is 2.68. The van der Waals surface area contributed by atoms with E-state index in [1.54, 1.807) is 7.11 Å². The molecule has 1 spiro atoms. The number of carbonyl (C=O) groups excluding carboxylic acids is 3. The van der Waals surface area contributed by atoms with Crippen molar-refractivity contribution in [3.8, 4) is 5.75 Å². The third-order valence-electron chi connectivity index (χ3n) is 15.1. The molecule has 0 radical (unpaired) electrons. The van der Waals surface area contributed by atoms with Crippen molar-refractivity contribution in [2.75, 3.05) is 66.0 Å². The summed E-state index contributed by atoms with van der Waals surface area (Å²) in [6.07, 6.45) is 8.43.